The summed E-state index contributed by atoms with van der Waals surface area (Å²) in [5, 5.41) is 20.6. The first-order chi connectivity index (χ1) is 19.2. The molecule has 4 bridgehead atoms. The molecule has 2 amide bonds. The number of amides is 2. The number of ether oxygens (including phenoxy) is 2. The third-order valence-corrected chi connectivity index (χ3v) is 9.19. The number of hydrogen-bond donors (Lipinski definition) is 1. The van der Waals surface area contributed by atoms with Crippen LogP contribution in [0.2, 0.25) is 0 Å². The minimum Gasteiger partial charge on any atom is -0.550 e. The second-order valence-corrected chi connectivity index (χ2v) is 11.2. The Labute approximate surface area is 234 Å². The lowest BCUT2D eigenvalue weighted by Crippen LogP contribution is -2.53. The first kappa shape index (κ1) is 28.7. The van der Waals surface area contributed by atoms with Crippen molar-refractivity contribution in [3.63, 3.8) is 0 Å². The highest BCUT2D eigenvalue weighted by Gasteiger charge is 2.54. The molecule has 0 saturated carbocycles. The van der Waals surface area contributed by atoms with Crippen LogP contribution in [-0.2, 0) is 28.7 Å². The smallest absolute Gasteiger partial charge is 0.310 e. The quantitative estimate of drug-likeness (QED) is 0.373. The lowest BCUT2D eigenvalue weighted by atomic mass is 9.82. The highest BCUT2D eigenvalue weighted by atomic mass is 16.5. The van der Waals surface area contributed by atoms with Gasteiger partial charge in [0, 0.05) is 64.2 Å². The molecule has 12 nitrogen and oxygen atoms in total. The fraction of sp³-hybridized carbons (Fsp3) is 0.714. The molecule has 6 rings (SSSR count). The van der Waals surface area contributed by atoms with Crippen LogP contribution in [0.25, 0.3) is 0 Å². The number of rotatable bonds is 6. The van der Waals surface area contributed by atoms with Crippen LogP contribution >= 0.6 is 0 Å². The molecule has 4 unspecified atom stereocenters. The first-order valence-corrected chi connectivity index (χ1v) is 14.4. The predicted molar refractivity (Wildman–Crippen MR) is 140 cm³/mol. The fourth-order valence-electron chi connectivity index (χ4n) is 6.77. The molecular formula is C28H39N4O8-. The SMILES string of the molecule is CCN1CCN(C(=O)C2C(C(=O)O)[C@H]3C=C[C@@H]2O3)CC1.CCN1CCN(C(=O)C2C(C(=O)[O-])[C@H]3C=C[C@@H]2O3)CC1. The van der Waals surface area contributed by atoms with Crippen molar-refractivity contribution in [2.24, 2.45) is 23.7 Å². The molecule has 6 heterocycles. The normalized spacial score (nSPS) is 36.5. The van der Waals surface area contributed by atoms with Gasteiger partial charge in [-0.15, -0.1) is 0 Å². The Balaban J connectivity index is 0.000000161. The van der Waals surface area contributed by atoms with Crippen molar-refractivity contribution < 1.29 is 38.9 Å². The van der Waals surface area contributed by atoms with Crippen LogP contribution in [0.15, 0.2) is 24.3 Å². The van der Waals surface area contributed by atoms with Gasteiger partial charge in [0.2, 0.25) is 11.8 Å². The zero-order valence-corrected chi connectivity index (χ0v) is 23.1. The van der Waals surface area contributed by atoms with Gasteiger partial charge in [0.05, 0.1) is 36.3 Å². The van der Waals surface area contributed by atoms with E-state index in [4.69, 9.17) is 9.47 Å². The van der Waals surface area contributed by atoms with Crippen molar-refractivity contribution in [1.29, 1.82) is 0 Å². The van der Waals surface area contributed by atoms with E-state index in [0.29, 0.717) is 26.2 Å². The van der Waals surface area contributed by atoms with E-state index in [2.05, 4.69) is 23.6 Å². The van der Waals surface area contributed by atoms with Gasteiger partial charge in [-0.2, -0.15) is 0 Å². The Kier molecular flexibility index (Phi) is 8.60. The highest BCUT2D eigenvalue weighted by Crippen LogP contribution is 2.41. The number of carbonyl (C=O) groups excluding carboxylic acids is 3. The van der Waals surface area contributed by atoms with E-state index in [-0.39, 0.29) is 17.9 Å². The number of likely N-dealkylation sites (N-methyl/N-ethyl adjacent to an activating group) is 2. The zero-order valence-electron chi connectivity index (χ0n) is 23.1. The molecular weight excluding hydrogens is 520 g/mol. The van der Waals surface area contributed by atoms with E-state index < -0.39 is 53.9 Å². The number of piperazine rings is 2. The van der Waals surface area contributed by atoms with E-state index in [9.17, 15) is 29.4 Å². The molecule has 8 atom stereocenters. The Morgan fingerprint density at radius 2 is 1.00 bits per heavy atom. The second-order valence-electron chi connectivity index (χ2n) is 11.2. The van der Waals surface area contributed by atoms with Crippen LogP contribution in [0.5, 0.6) is 0 Å². The summed E-state index contributed by atoms with van der Waals surface area (Å²) < 4.78 is 11.1. The summed E-state index contributed by atoms with van der Waals surface area (Å²) in [5.74, 6) is -5.06. The van der Waals surface area contributed by atoms with E-state index in [1.807, 2.05) is 6.08 Å². The Morgan fingerprint density at radius 1 is 0.650 bits per heavy atom. The van der Waals surface area contributed by atoms with Gasteiger partial charge >= 0.3 is 5.97 Å². The maximum absolute atomic E-state index is 12.6. The molecule has 220 valence electrons. The minimum absolute atomic E-state index is 0.0648. The zero-order chi connectivity index (χ0) is 28.6. The fourth-order valence-corrected chi connectivity index (χ4v) is 6.77. The van der Waals surface area contributed by atoms with Crippen LogP contribution < -0.4 is 5.11 Å². The van der Waals surface area contributed by atoms with Gasteiger partial charge in [-0.25, -0.2) is 0 Å². The molecule has 6 aliphatic rings. The number of carboxylic acids is 2. The standard InChI is InChI=1S/2C14H20N2O4/c2*1-2-15-5-7-16(8-6-15)13(17)11-9-3-4-10(20-9)12(11)14(18)19/h2*3-4,9-12H,2,5-8H2,1H3,(H,18,19)/p-1/t2*9-,10+,11?,12?/m00/s1. The third-order valence-electron chi connectivity index (χ3n) is 9.19. The molecule has 40 heavy (non-hydrogen) atoms. The number of hydrogen-bond acceptors (Lipinski definition) is 9. The van der Waals surface area contributed by atoms with Crippen molar-refractivity contribution in [3.8, 4) is 0 Å². The molecule has 12 heteroatoms. The van der Waals surface area contributed by atoms with Crippen molar-refractivity contribution >= 4 is 23.8 Å². The molecule has 0 aliphatic carbocycles. The van der Waals surface area contributed by atoms with Gasteiger partial charge in [-0.3, -0.25) is 14.4 Å². The molecule has 6 aliphatic heterocycles. The third kappa shape index (κ3) is 5.41. The summed E-state index contributed by atoms with van der Waals surface area (Å²) >= 11 is 0. The number of nitrogens with zero attached hydrogens (tertiary/aromatic N) is 4. The summed E-state index contributed by atoms with van der Waals surface area (Å²) in [6, 6.07) is 0. The van der Waals surface area contributed by atoms with Gasteiger partial charge in [-0.1, -0.05) is 38.2 Å². The van der Waals surface area contributed by atoms with E-state index in [1.165, 1.54) is 0 Å². The summed E-state index contributed by atoms with van der Waals surface area (Å²) in [5.41, 5.74) is 0. The van der Waals surface area contributed by atoms with Gasteiger partial charge in [0.1, 0.15) is 5.92 Å². The molecule has 4 saturated heterocycles. The summed E-state index contributed by atoms with van der Waals surface area (Å²) in [6.45, 7) is 12.2. The van der Waals surface area contributed by atoms with E-state index >= 15 is 0 Å². The summed E-state index contributed by atoms with van der Waals surface area (Å²) in [4.78, 5) is 56.0. The average Bonchev–Trinajstić information content (AvgIpc) is 3.78. The van der Waals surface area contributed by atoms with Gasteiger partial charge < -0.3 is 44.1 Å². The van der Waals surface area contributed by atoms with E-state index in [1.54, 1.807) is 28.0 Å². The van der Waals surface area contributed by atoms with Crippen molar-refractivity contribution in [2.45, 2.75) is 38.3 Å². The van der Waals surface area contributed by atoms with Crippen LogP contribution in [0.1, 0.15) is 13.8 Å². The lowest BCUT2D eigenvalue weighted by molar-refractivity contribution is -0.313. The number of carbonyl (C=O) groups is 4. The van der Waals surface area contributed by atoms with E-state index in [0.717, 1.165) is 39.3 Å². The van der Waals surface area contributed by atoms with Crippen LogP contribution in [0, 0.1) is 23.7 Å². The first-order valence-electron chi connectivity index (χ1n) is 14.4. The van der Waals surface area contributed by atoms with Crippen molar-refractivity contribution in [2.75, 3.05) is 65.4 Å². The van der Waals surface area contributed by atoms with Gasteiger partial charge in [0.15, 0.2) is 0 Å². The van der Waals surface area contributed by atoms with Crippen LogP contribution in [-0.4, -0.2) is 138 Å². The molecule has 4 fully saturated rings. The number of carboxylic acid groups (broad SMARTS) is 2. The van der Waals surface area contributed by atoms with Crippen LogP contribution in [0.3, 0.4) is 0 Å². The maximum Gasteiger partial charge on any atom is 0.310 e. The average molecular weight is 560 g/mol. The number of aliphatic carboxylic acids is 2. The molecule has 0 radical (unpaired) electrons. The van der Waals surface area contributed by atoms with Crippen molar-refractivity contribution in [3.05, 3.63) is 24.3 Å². The Bertz CT molecular complexity index is 967. The number of fused-ring (bicyclic) bond motifs is 4. The monoisotopic (exact) mass is 559 g/mol. The molecule has 0 aromatic carbocycles. The minimum atomic E-state index is -1.19. The maximum atomic E-state index is 12.6. The van der Waals surface area contributed by atoms with Gasteiger partial charge in [-0.05, 0) is 13.1 Å². The largest absolute Gasteiger partial charge is 0.550 e. The Hall–Kier alpha value is -2.80. The Morgan fingerprint density at radius 3 is 1.35 bits per heavy atom. The summed E-state index contributed by atoms with van der Waals surface area (Å²) in [7, 11) is 0. The lowest BCUT2D eigenvalue weighted by Gasteiger charge is -2.37. The second kappa shape index (κ2) is 12.0. The molecule has 1 N–H and O–H groups in total. The summed E-state index contributed by atoms with van der Waals surface area (Å²) in [6.07, 6.45) is 5.41. The predicted octanol–water partition coefficient (Wildman–Crippen LogP) is -1.73. The topological polar surface area (TPSA) is 143 Å². The van der Waals surface area contributed by atoms with Crippen LogP contribution in [0.4, 0.5) is 0 Å². The van der Waals surface area contributed by atoms with Gasteiger partial charge in [0.25, 0.3) is 0 Å². The molecule has 0 aromatic rings. The molecule has 0 aromatic heterocycles. The van der Waals surface area contributed by atoms with Crippen molar-refractivity contribution in [1.82, 2.24) is 19.6 Å². The highest BCUT2D eigenvalue weighted by molar-refractivity contribution is 5.88. The molecule has 0 spiro atoms.